The minimum atomic E-state index is -4.17. The molecule has 12 aromatic rings. The molecule has 0 unspecified atom stereocenters. The number of benzene rings is 6. The van der Waals surface area contributed by atoms with Gasteiger partial charge in [-0.1, -0.05) is 86.6 Å². The number of sulfonamides is 3. The summed E-state index contributed by atoms with van der Waals surface area (Å²) in [6, 6.07) is 38.5. The van der Waals surface area contributed by atoms with Crippen molar-refractivity contribution in [2.24, 2.45) is 0 Å². The van der Waals surface area contributed by atoms with E-state index in [1.54, 1.807) is 99.0 Å². The Morgan fingerprint density at radius 2 is 0.887 bits per heavy atom. The Balaban J connectivity index is 0.000000158. The van der Waals surface area contributed by atoms with Crippen molar-refractivity contribution in [3.05, 3.63) is 227 Å². The molecule has 97 heavy (non-hydrogen) atoms. The molecule has 6 heterocycles. The summed E-state index contributed by atoms with van der Waals surface area (Å²) >= 11 is 0. The largest absolute Gasteiger partial charge is 0.618 e. The molecular weight excluding hydrogens is 1310 g/mol. The third-order valence-corrected chi connectivity index (χ3v) is 19.5. The quantitative estimate of drug-likeness (QED) is 0.0310. The van der Waals surface area contributed by atoms with E-state index < -0.39 is 70.4 Å². The normalized spacial score (nSPS) is 12.3. The third-order valence-electron chi connectivity index (χ3n) is 15.5. The van der Waals surface area contributed by atoms with Gasteiger partial charge in [-0.3, -0.25) is 24.1 Å². The lowest BCUT2D eigenvalue weighted by atomic mass is 9.87. The maximum absolute atomic E-state index is 14.7. The maximum Gasteiger partial charge on any atom is 0.263 e. The number of nitrogen functional groups attached to an aromatic ring is 2. The molecule has 0 fully saturated rings. The lowest BCUT2D eigenvalue weighted by Gasteiger charge is -2.20. The Hall–Kier alpha value is -10.5. The molecule has 0 saturated carbocycles. The van der Waals surface area contributed by atoms with Crippen LogP contribution in [0, 0.1) is 36.5 Å². The third kappa shape index (κ3) is 14.7. The van der Waals surface area contributed by atoms with Crippen LogP contribution in [0.1, 0.15) is 96.1 Å². The van der Waals surface area contributed by atoms with Gasteiger partial charge >= 0.3 is 0 Å². The van der Waals surface area contributed by atoms with E-state index >= 15 is 0 Å². The molecule has 0 aliphatic heterocycles. The first-order valence-corrected chi connectivity index (χ1v) is 34.6. The Kier molecular flexibility index (Phi) is 18.8. The van der Waals surface area contributed by atoms with E-state index in [1.165, 1.54) is 62.7 Å². The van der Waals surface area contributed by atoms with E-state index in [9.17, 15) is 48.0 Å². The summed E-state index contributed by atoms with van der Waals surface area (Å²) in [6.45, 7) is 19.3. The molecule has 12 rings (SSSR count). The number of rotatable bonds is 13. The Labute approximate surface area is 558 Å². The van der Waals surface area contributed by atoms with Crippen LogP contribution in [0.4, 0.5) is 46.4 Å². The second-order valence-corrected chi connectivity index (χ2v) is 31.0. The number of anilines is 5. The zero-order chi connectivity index (χ0) is 70.5. The van der Waals surface area contributed by atoms with Crippen molar-refractivity contribution >= 4 is 91.6 Å². The number of fused-ring (bicyclic) bond motifs is 3. The van der Waals surface area contributed by atoms with Crippen LogP contribution in [-0.2, 0) is 53.0 Å². The van der Waals surface area contributed by atoms with E-state index in [2.05, 4.69) is 39.4 Å². The highest BCUT2D eigenvalue weighted by Crippen LogP contribution is 2.35. The molecule has 0 spiro atoms. The van der Waals surface area contributed by atoms with Gasteiger partial charge < -0.3 is 16.7 Å². The molecule has 0 amide bonds. The van der Waals surface area contributed by atoms with Crippen molar-refractivity contribution in [3.63, 3.8) is 0 Å². The monoisotopic (exact) mass is 1380 g/mol. The molecule has 0 bridgehead atoms. The van der Waals surface area contributed by atoms with Crippen molar-refractivity contribution in [3.8, 4) is 17.1 Å². The zero-order valence-corrected chi connectivity index (χ0v) is 57.1. The first-order valence-electron chi connectivity index (χ1n) is 30.1. The van der Waals surface area contributed by atoms with Gasteiger partial charge in [-0.05, 0) is 150 Å². The fourth-order valence-corrected chi connectivity index (χ4v) is 13.9. The van der Waals surface area contributed by atoms with E-state index in [4.69, 9.17) is 11.5 Å². The fourth-order valence-electron chi connectivity index (χ4n) is 10.8. The summed E-state index contributed by atoms with van der Waals surface area (Å²) in [5.41, 5.74) is 17.0. The smallest absolute Gasteiger partial charge is 0.263 e. The molecule has 0 aliphatic rings. The highest BCUT2D eigenvalue weighted by molar-refractivity contribution is 7.93. The minimum Gasteiger partial charge on any atom is -0.618 e. The summed E-state index contributed by atoms with van der Waals surface area (Å²) in [4.78, 5) is 7.99. The van der Waals surface area contributed by atoms with E-state index in [0.717, 1.165) is 23.6 Å². The van der Waals surface area contributed by atoms with Crippen LogP contribution in [0.15, 0.2) is 185 Å². The van der Waals surface area contributed by atoms with Crippen LogP contribution in [-0.4, -0.2) is 64.6 Å². The SMILES string of the molecule is CC(C)(C)c1ccc(S(=O)(=O)Nc2cc(CF)nn2-c2cccc3ncccc23)cc1F.Cc1cc(NS(=O)(=O)c2ccc(C(C)(C)C)c(F)c2)n(-c2ccc(N)c3c2ccc[n+]3[O-])n1.Cc1cc(NS(=O)(=O)c2ccc(C(C)(C)C)c(F)c2)n(-c2ccc(N)c3ncccc23)n1. The van der Waals surface area contributed by atoms with Crippen LogP contribution in [0.25, 0.3) is 49.8 Å². The fraction of sp³-hybridized carbons (Fsp3) is 0.217. The average Bonchev–Trinajstić information content (AvgIpc) is 1.76. The first-order chi connectivity index (χ1) is 45.4. The molecule has 0 aliphatic carbocycles. The standard InChI is InChI=1S/C23H22F2N4O2S.C23H24FN5O3S.C23H24FN5O2S/c1-23(2,3)18-10-9-16(13-19(18)25)32(30,31)28-22-12-15(14-24)27-29(22)21-8-4-7-20-17(21)6-5-11-26-20;1-14-12-21(27-33(31,32)15-7-8-17(18(24)13-15)23(2,3)4)29(26-14)20-10-9-19(25)22-16(20)6-5-11-28(22)30;1-14-12-21(28-32(30,31)15-7-8-17(18(24)13-15)23(2,3)4)29(27-14)20-10-9-19(25)22-16(20)6-5-11-26-22/h4-13,28H,14H2,1-3H3;5-13,27H,25H2,1-4H3;5-13,28H,25H2,1-4H3. The van der Waals surface area contributed by atoms with Gasteiger partial charge in [-0.2, -0.15) is 20.0 Å². The van der Waals surface area contributed by atoms with Gasteiger partial charge in [0.15, 0.2) is 6.20 Å². The molecule has 6 aromatic carbocycles. The van der Waals surface area contributed by atoms with Gasteiger partial charge in [-0.15, -0.1) is 0 Å². The topological polar surface area (TPSA) is 297 Å². The molecule has 504 valence electrons. The number of aryl methyl sites for hydroxylation is 2. The zero-order valence-electron chi connectivity index (χ0n) is 54.6. The molecule has 0 saturated heterocycles. The van der Waals surface area contributed by atoms with Gasteiger partial charge in [0.05, 0.1) is 70.9 Å². The van der Waals surface area contributed by atoms with E-state index in [-0.39, 0.29) is 49.0 Å². The Morgan fingerprint density at radius 3 is 1.35 bits per heavy atom. The second kappa shape index (κ2) is 26.3. The van der Waals surface area contributed by atoms with Crippen LogP contribution in [0.2, 0.25) is 0 Å². The molecule has 7 N–H and O–H groups in total. The number of hydrogen-bond acceptors (Lipinski definition) is 14. The summed E-state index contributed by atoms with van der Waals surface area (Å²) in [7, 11) is -12.4. The van der Waals surface area contributed by atoms with Crippen LogP contribution < -0.4 is 30.4 Å². The van der Waals surface area contributed by atoms with Gasteiger partial charge in [0.1, 0.15) is 47.3 Å². The highest BCUT2D eigenvalue weighted by Gasteiger charge is 2.29. The van der Waals surface area contributed by atoms with Gasteiger partial charge in [-0.25, -0.2) is 56.9 Å². The molecule has 21 nitrogen and oxygen atoms in total. The number of alkyl halides is 1. The van der Waals surface area contributed by atoms with Crippen molar-refractivity contribution in [2.45, 2.75) is 114 Å². The van der Waals surface area contributed by atoms with Gasteiger partial charge in [0, 0.05) is 47.4 Å². The molecule has 0 radical (unpaired) electrons. The van der Waals surface area contributed by atoms with Crippen molar-refractivity contribution in [1.82, 2.24) is 39.3 Å². The van der Waals surface area contributed by atoms with Gasteiger partial charge in [0.2, 0.25) is 5.52 Å². The molecule has 0 atom stereocenters. The lowest BCUT2D eigenvalue weighted by molar-refractivity contribution is -0.576. The summed E-state index contributed by atoms with van der Waals surface area (Å²) in [5.74, 6) is -1.38. The Morgan fingerprint density at radius 1 is 0.474 bits per heavy atom. The Bertz CT molecular complexity index is 5380. The van der Waals surface area contributed by atoms with Crippen molar-refractivity contribution in [2.75, 3.05) is 25.6 Å². The summed E-state index contributed by atoms with van der Waals surface area (Å²) < 4.78 is 148. The van der Waals surface area contributed by atoms with Crippen LogP contribution in [0.5, 0.6) is 0 Å². The lowest BCUT2D eigenvalue weighted by Crippen LogP contribution is -2.27. The minimum absolute atomic E-state index is 0.0364. The number of hydrogen-bond donors (Lipinski definition) is 5. The van der Waals surface area contributed by atoms with E-state index in [1.807, 2.05) is 80.5 Å². The van der Waals surface area contributed by atoms with E-state index in [0.29, 0.717) is 77.4 Å². The molecular formula is C69H70F4N14O7S3. The highest BCUT2D eigenvalue weighted by atomic mass is 32.2. The summed E-state index contributed by atoms with van der Waals surface area (Å²) in [5, 5.41) is 27.3. The average molecular weight is 1380 g/mol. The predicted molar refractivity (Wildman–Crippen MR) is 369 cm³/mol. The van der Waals surface area contributed by atoms with Gasteiger partial charge in [0.25, 0.3) is 30.1 Å². The van der Waals surface area contributed by atoms with Crippen LogP contribution in [0.3, 0.4) is 0 Å². The number of nitrogens with one attached hydrogen (secondary N) is 3. The first kappa shape index (κ1) is 69.4. The summed E-state index contributed by atoms with van der Waals surface area (Å²) in [6.07, 6.45) is 4.61. The van der Waals surface area contributed by atoms with Crippen LogP contribution >= 0.6 is 0 Å². The number of halogens is 4. The number of nitrogens with zero attached hydrogens (tertiary/aromatic N) is 9. The van der Waals surface area contributed by atoms with Crippen molar-refractivity contribution < 1.29 is 47.5 Å². The predicted octanol–water partition coefficient (Wildman–Crippen LogP) is 13.5. The second-order valence-electron chi connectivity index (χ2n) is 25.9. The maximum atomic E-state index is 14.7. The molecule has 6 aromatic heterocycles. The number of nitrogens with two attached hydrogens (primary N) is 2. The number of pyridine rings is 3. The number of aromatic nitrogens is 9. The molecule has 28 heteroatoms. The van der Waals surface area contributed by atoms with Crippen molar-refractivity contribution in [1.29, 1.82) is 0 Å².